The van der Waals surface area contributed by atoms with Crippen LogP contribution in [0.3, 0.4) is 0 Å². The van der Waals surface area contributed by atoms with E-state index in [9.17, 15) is 26.3 Å². The topological polar surface area (TPSA) is 52.0 Å². The van der Waals surface area contributed by atoms with Crippen LogP contribution in [-0.2, 0) is 17.1 Å². The van der Waals surface area contributed by atoms with Crippen molar-refractivity contribution >= 4 is 11.3 Å². The Bertz CT molecular complexity index is 1170. The molecule has 0 bridgehead atoms. The number of rotatable bonds is 9. The summed E-state index contributed by atoms with van der Waals surface area (Å²) >= 11 is 0.870. The van der Waals surface area contributed by atoms with Crippen LogP contribution in [-0.4, -0.2) is 27.4 Å². The maximum Gasteiger partial charge on any atom is 0.434 e. The Balaban J connectivity index is 1.68. The van der Waals surface area contributed by atoms with Crippen molar-refractivity contribution in [3.8, 4) is 16.4 Å². The van der Waals surface area contributed by atoms with Crippen molar-refractivity contribution in [1.29, 1.82) is 0 Å². The van der Waals surface area contributed by atoms with Gasteiger partial charge in [-0.2, -0.15) is 31.4 Å². The van der Waals surface area contributed by atoms with Gasteiger partial charge in [-0.05, 0) is 31.4 Å². The number of aromatic nitrogens is 3. The van der Waals surface area contributed by atoms with Crippen LogP contribution in [0, 0.1) is 0 Å². The van der Waals surface area contributed by atoms with Crippen molar-refractivity contribution in [1.82, 2.24) is 20.1 Å². The van der Waals surface area contributed by atoms with Crippen molar-refractivity contribution in [2.45, 2.75) is 76.5 Å². The predicted molar refractivity (Wildman–Crippen MR) is 128 cm³/mol. The molecule has 1 aliphatic carbocycles. The molecule has 37 heavy (non-hydrogen) atoms. The highest BCUT2D eigenvalue weighted by atomic mass is 32.1. The Kier molecular flexibility index (Phi) is 8.59. The van der Waals surface area contributed by atoms with Gasteiger partial charge >= 0.3 is 12.4 Å². The van der Waals surface area contributed by atoms with E-state index in [-0.39, 0.29) is 28.0 Å². The molecule has 0 saturated heterocycles. The molecule has 2 heterocycles. The number of hydrogen-bond donors (Lipinski definition) is 1. The third kappa shape index (κ3) is 6.71. The number of nitrogens with zero attached hydrogens (tertiary/aromatic N) is 3. The maximum absolute atomic E-state index is 14.4. The van der Waals surface area contributed by atoms with Gasteiger partial charge in [0.15, 0.2) is 5.69 Å². The summed E-state index contributed by atoms with van der Waals surface area (Å²) in [5, 5.41) is 8.58. The second-order valence-corrected chi connectivity index (χ2v) is 9.89. The van der Waals surface area contributed by atoms with Gasteiger partial charge in [-0.3, -0.25) is 5.32 Å². The first kappa shape index (κ1) is 27.6. The zero-order valence-corrected chi connectivity index (χ0v) is 21.0. The van der Waals surface area contributed by atoms with Crippen LogP contribution in [0.25, 0.3) is 16.4 Å². The highest BCUT2D eigenvalue weighted by Gasteiger charge is 2.42. The lowest BCUT2D eigenvalue weighted by Gasteiger charge is -2.29. The molecule has 1 aliphatic rings. The van der Waals surface area contributed by atoms with E-state index in [0.29, 0.717) is 17.7 Å². The van der Waals surface area contributed by atoms with E-state index in [1.165, 1.54) is 17.5 Å². The van der Waals surface area contributed by atoms with Gasteiger partial charge in [-0.1, -0.05) is 44.7 Å². The van der Waals surface area contributed by atoms with Gasteiger partial charge in [0.1, 0.15) is 6.23 Å². The average Bonchev–Trinajstić information content (AvgIpc) is 3.51. The van der Waals surface area contributed by atoms with Gasteiger partial charge in [-0.25, -0.2) is 9.67 Å². The fourth-order valence-electron chi connectivity index (χ4n) is 4.39. The van der Waals surface area contributed by atoms with E-state index >= 15 is 0 Å². The van der Waals surface area contributed by atoms with Gasteiger partial charge in [0.05, 0.1) is 17.5 Å². The molecule has 2 aromatic heterocycles. The largest absolute Gasteiger partial charge is 0.434 e. The Labute approximate surface area is 214 Å². The molecule has 1 atom stereocenters. The van der Waals surface area contributed by atoms with Crippen molar-refractivity contribution in [3.63, 3.8) is 0 Å². The van der Waals surface area contributed by atoms with E-state index in [4.69, 9.17) is 4.74 Å². The van der Waals surface area contributed by atoms with Gasteiger partial charge in [0, 0.05) is 29.2 Å². The molecule has 0 spiro atoms. The van der Waals surface area contributed by atoms with Crippen molar-refractivity contribution in [2.75, 3.05) is 6.61 Å². The number of nitrogens with one attached hydrogen (secondary N) is 1. The fourth-order valence-corrected chi connectivity index (χ4v) is 5.18. The third-order valence-corrected chi connectivity index (χ3v) is 7.10. The molecule has 1 unspecified atom stereocenters. The first-order chi connectivity index (χ1) is 17.6. The minimum atomic E-state index is -4.77. The average molecular weight is 547 g/mol. The minimum Gasteiger partial charge on any atom is -0.359 e. The molecule has 1 N–H and O–H groups in total. The Morgan fingerprint density at radius 1 is 1.11 bits per heavy atom. The molecule has 12 heteroatoms. The van der Waals surface area contributed by atoms with Crippen LogP contribution >= 0.6 is 11.3 Å². The molecular formula is C25H28F6N4OS. The third-order valence-electron chi connectivity index (χ3n) is 6.28. The number of halogens is 6. The van der Waals surface area contributed by atoms with Crippen molar-refractivity contribution in [3.05, 3.63) is 52.7 Å². The van der Waals surface area contributed by atoms with Gasteiger partial charge < -0.3 is 4.74 Å². The minimum absolute atomic E-state index is 0.0391. The van der Waals surface area contributed by atoms with Gasteiger partial charge in [0.25, 0.3) is 0 Å². The Morgan fingerprint density at radius 3 is 2.54 bits per heavy atom. The second kappa shape index (κ2) is 11.5. The maximum atomic E-state index is 14.4. The summed E-state index contributed by atoms with van der Waals surface area (Å²) in [6, 6.07) is 4.55. The number of benzene rings is 1. The van der Waals surface area contributed by atoms with Gasteiger partial charge in [0.2, 0.25) is 5.13 Å². The SMILES string of the molecule is CCCCOC(NC1CCCCC1)c1cnn(-c2nc(-c3cccc(C(F)(F)F)c3)cs2)c1C(F)(F)F. The van der Waals surface area contributed by atoms with Crippen molar-refractivity contribution in [2.24, 2.45) is 0 Å². The van der Waals surface area contributed by atoms with Crippen LogP contribution in [0.2, 0.25) is 0 Å². The molecule has 202 valence electrons. The Hall–Kier alpha value is -2.44. The summed E-state index contributed by atoms with van der Waals surface area (Å²) in [4.78, 5) is 4.20. The van der Waals surface area contributed by atoms with E-state index < -0.39 is 29.8 Å². The zero-order chi connectivity index (χ0) is 26.6. The van der Waals surface area contributed by atoms with Gasteiger partial charge in [-0.15, -0.1) is 11.3 Å². The number of hydrogen-bond acceptors (Lipinski definition) is 5. The fraction of sp³-hybridized carbons (Fsp3) is 0.520. The molecule has 1 saturated carbocycles. The summed E-state index contributed by atoms with van der Waals surface area (Å²) in [6.07, 6.45) is -2.82. The lowest BCUT2D eigenvalue weighted by molar-refractivity contribution is -0.145. The molecule has 0 radical (unpaired) electrons. The summed E-state index contributed by atoms with van der Waals surface area (Å²) in [6.45, 7) is 2.26. The lowest BCUT2D eigenvalue weighted by Crippen LogP contribution is -2.36. The molecule has 0 amide bonds. The molecule has 0 aliphatic heterocycles. The standard InChI is InChI=1S/C25H28F6N4OS/c1-2-3-12-36-22(33-18-10-5-4-6-11-18)19-14-32-35(21(19)25(29,30)31)23-34-20(15-37-23)16-8-7-9-17(13-16)24(26,27)28/h7-9,13-15,18,22,33H,2-6,10-12H2,1H3. The van der Waals surface area contributed by atoms with E-state index in [1.807, 2.05) is 6.92 Å². The number of unbranched alkanes of at least 4 members (excludes halogenated alkanes) is 1. The summed E-state index contributed by atoms with van der Waals surface area (Å²) < 4.78 is 89.1. The molecule has 3 aromatic rings. The second-order valence-electron chi connectivity index (χ2n) is 9.06. The van der Waals surface area contributed by atoms with E-state index in [2.05, 4.69) is 15.4 Å². The number of alkyl halides is 6. The first-order valence-electron chi connectivity index (χ1n) is 12.2. The van der Waals surface area contributed by atoms with Crippen LogP contribution in [0.15, 0.2) is 35.8 Å². The Morgan fingerprint density at radius 2 is 1.86 bits per heavy atom. The van der Waals surface area contributed by atoms with Crippen LogP contribution in [0.5, 0.6) is 0 Å². The number of ether oxygens (including phenoxy) is 1. The number of thiazole rings is 1. The lowest BCUT2D eigenvalue weighted by atomic mass is 9.95. The highest BCUT2D eigenvalue weighted by Crippen LogP contribution is 2.39. The molecule has 1 fully saturated rings. The summed E-state index contributed by atoms with van der Waals surface area (Å²) in [5.41, 5.74) is -1.73. The molecule has 4 rings (SSSR count). The normalized spacial score (nSPS) is 16.3. The smallest absolute Gasteiger partial charge is 0.359 e. The van der Waals surface area contributed by atoms with Crippen LogP contribution in [0.1, 0.15) is 74.9 Å². The van der Waals surface area contributed by atoms with Crippen LogP contribution in [0.4, 0.5) is 26.3 Å². The molecule has 5 nitrogen and oxygen atoms in total. The first-order valence-corrected chi connectivity index (χ1v) is 13.1. The predicted octanol–water partition coefficient (Wildman–Crippen LogP) is 7.77. The van der Waals surface area contributed by atoms with E-state index in [0.717, 1.165) is 68.2 Å². The highest BCUT2D eigenvalue weighted by molar-refractivity contribution is 7.12. The summed E-state index contributed by atoms with van der Waals surface area (Å²) in [5.74, 6) is 0. The van der Waals surface area contributed by atoms with Crippen molar-refractivity contribution < 1.29 is 31.1 Å². The summed E-state index contributed by atoms with van der Waals surface area (Å²) in [7, 11) is 0. The van der Waals surface area contributed by atoms with E-state index in [1.54, 1.807) is 0 Å². The molecular weight excluding hydrogens is 518 g/mol. The zero-order valence-electron chi connectivity index (χ0n) is 20.2. The molecule has 1 aromatic carbocycles. The quantitative estimate of drug-likeness (QED) is 0.169. The monoisotopic (exact) mass is 546 g/mol. The van der Waals surface area contributed by atoms with Crippen LogP contribution < -0.4 is 5.32 Å².